The highest BCUT2D eigenvalue weighted by Crippen LogP contribution is 2.23. The number of carbonyl (C=O) groups excluding carboxylic acids is 1. The molecule has 1 aromatic rings. The SMILES string of the molecule is Cc1ccc(C(O)C(=O)OC2CCCCC2)o1. The van der Waals surface area contributed by atoms with E-state index in [4.69, 9.17) is 9.15 Å². The van der Waals surface area contributed by atoms with Crippen LogP contribution in [0.15, 0.2) is 16.5 Å². The standard InChI is InChI=1S/C13H18O4/c1-9-7-8-11(16-9)12(14)13(15)17-10-5-3-2-4-6-10/h7-8,10,12,14H,2-6H2,1H3. The van der Waals surface area contributed by atoms with Gasteiger partial charge in [-0.25, -0.2) is 4.79 Å². The Hall–Kier alpha value is -1.29. The number of hydrogen-bond acceptors (Lipinski definition) is 4. The first-order valence-electron chi connectivity index (χ1n) is 6.11. The zero-order valence-corrected chi connectivity index (χ0v) is 10.0. The van der Waals surface area contributed by atoms with E-state index in [2.05, 4.69) is 0 Å². The number of rotatable bonds is 3. The van der Waals surface area contributed by atoms with Crippen LogP contribution in [0.2, 0.25) is 0 Å². The summed E-state index contributed by atoms with van der Waals surface area (Å²) in [5.74, 6) is 0.319. The topological polar surface area (TPSA) is 59.7 Å². The minimum absolute atomic E-state index is 0.0399. The lowest BCUT2D eigenvalue weighted by molar-refractivity contribution is -0.161. The van der Waals surface area contributed by atoms with Gasteiger partial charge in [0.1, 0.15) is 17.6 Å². The second kappa shape index (κ2) is 5.36. The fraction of sp³-hybridized carbons (Fsp3) is 0.615. The molecule has 1 fully saturated rings. The van der Waals surface area contributed by atoms with Crippen LogP contribution in [-0.4, -0.2) is 17.2 Å². The van der Waals surface area contributed by atoms with Gasteiger partial charge < -0.3 is 14.3 Å². The largest absolute Gasteiger partial charge is 0.463 e. The third-order valence-corrected chi connectivity index (χ3v) is 3.09. The molecule has 1 heterocycles. The lowest BCUT2D eigenvalue weighted by atomic mass is 9.98. The molecule has 94 valence electrons. The molecule has 4 nitrogen and oxygen atoms in total. The second-order valence-corrected chi connectivity index (χ2v) is 4.55. The lowest BCUT2D eigenvalue weighted by Gasteiger charge is -2.22. The molecule has 17 heavy (non-hydrogen) atoms. The summed E-state index contributed by atoms with van der Waals surface area (Å²) in [4.78, 5) is 11.7. The summed E-state index contributed by atoms with van der Waals surface area (Å²) in [6, 6.07) is 3.31. The van der Waals surface area contributed by atoms with Crippen LogP contribution in [0.4, 0.5) is 0 Å². The van der Waals surface area contributed by atoms with Crippen molar-refractivity contribution in [3.05, 3.63) is 23.7 Å². The molecule has 1 N–H and O–H groups in total. The summed E-state index contributed by atoms with van der Waals surface area (Å²) in [5.41, 5.74) is 0. The van der Waals surface area contributed by atoms with Gasteiger partial charge in [0, 0.05) is 0 Å². The number of aliphatic hydroxyl groups is 1. The molecule has 0 radical (unpaired) electrons. The van der Waals surface area contributed by atoms with E-state index in [1.54, 1.807) is 19.1 Å². The molecular formula is C13H18O4. The Bertz CT molecular complexity index is 377. The van der Waals surface area contributed by atoms with Crippen LogP contribution >= 0.6 is 0 Å². The van der Waals surface area contributed by atoms with E-state index in [0.29, 0.717) is 5.76 Å². The molecule has 0 spiro atoms. The van der Waals surface area contributed by atoms with E-state index < -0.39 is 12.1 Å². The van der Waals surface area contributed by atoms with Crippen LogP contribution in [0.3, 0.4) is 0 Å². The van der Waals surface area contributed by atoms with E-state index in [9.17, 15) is 9.90 Å². The Kier molecular flexibility index (Phi) is 3.84. The quantitative estimate of drug-likeness (QED) is 0.822. The van der Waals surface area contributed by atoms with Gasteiger partial charge in [0.2, 0.25) is 6.10 Å². The highest BCUT2D eigenvalue weighted by molar-refractivity contribution is 5.75. The van der Waals surface area contributed by atoms with Gasteiger partial charge in [-0.1, -0.05) is 6.42 Å². The maximum atomic E-state index is 11.7. The Morgan fingerprint density at radius 1 is 1.41 bits per heavy atom. The molecule has 1 aromatic heterocycles. The van der Waals surface area contributed by atoms with Crippen molar-refractivity contribution in [1.29, 1.82) is 0 Å². The number of aliphatic hydroxyl groups excluding tert-OH is 1. The molecule has 1 saturated carbocycles. The smallest absolute Gasteiger partial charge is 0.343 e. The Morgan fingerprint density at radius 3 is 2.71 bits per heavy atom. The Balaban J connectivity index is 1.90. The predicted molar refractivity (Wildman–Crippen MR) is 61.4 cm³/mol. The summed E-state index contributed by atoms with van der Waals surface area (Å²) < 4.78 is 10.5. The van der Waals surface area contributed by atoms with Crippen LogP contribution in [0.5, 0.6) is 0 Å². The normalized spacial score (nSPS) is 18.9. The maximum Gasteiger partial charge on any atom is 0.343 e. The summed E-state index contributed by atoms with van der Waals surface area (Å²) in [7, 11) is 0. The minimum atomic E-state index is -1.30. The number of hydrogen-bond donors (Lipinski definition) is 1. The third-order valence-electron chi connectivity index (χ3n) is 3.09. The molecule has 4 heteroatoms. The van der Waals surface area contributed by atoms with Crippen molar-refractivity contribution in [2.24, 2.45) is 0 Å². The molecule has 0 bridgehead atoms. The van der Waals surface area contributed by atoms with Crippen LogP contribution in [0, 0.1) is 6.92 Å². The fourth-order valence-corrected chi connectivity index (χ4v) is 2.13. The average Bonchev–Trinajstić information content (AvgIpc) is 2.76. The highest BCUT2D eigenvalue weighted by atomic mass is 16.6. The number of ether oxygens (including phenoxy) is 1. The first-order valence-corrected chi connectivity index (χ1v) is 6.11. The van der Waals surface area contributed by atoms with E-state index in [1.807, 2.05) is 0 Å². The van der Waals surface area contributed by atoms with E-state index in [0.717, 1.165) is 25.7 Å². The monoisotopic (exact) mass is 238 g/mol. The van der Waals surface area contributed by atoms with Crippen molar-refractivity contribution in [2.45, 2.75) is 51.2 Å². The highest BCUT2D eigenvalue weighted by Gasteiger charge is 2.26. The number of aryl methyl sites for hydroxylation is 1. The van der Waals surface area contributed by atoms with Gasteiger partial charge in [-0.15, -0.1) is 0 Å². The van der Waals surface area contributed by atoms with Crippen LogP contribution < -0.4 is 0 Å². The number of furan rings is 1. The fourth-order valence-electron chi connectivity index (χ4n) is 2.13. The lowest BCUT2D eigenvalue weighted by Crippen LogP contribution is -2.24. The predicted octanol–water partition coefficient (Wildman–Crippen LogP) is 2.50. The molecule has 0 saturated heterocycles. The molecule has 1 atom stereocenters. The average molecular weight is 238 g/mol. The second-order valence-electron chi connectivity index (χ2n) is 4.55. The minimum Gasteiger partial charge on any atom is -0.463 e. The molecule has 0 aromatic carbocycles. The summed E-state index contributed by atoms with van der Waals surface area (Å²) in [6.07, 6.45) is 3.84. The first kappa shape index (κ1) is 12.2. The van der Waals surface area contributed by atoms with Crippen molar-refractivity contribution >= 4 is 5.97 Å². The van der Waals surface area contributed by atoms with Crippen molar-refractivity contribution in [2.75, 3.05) is 0 Å². The van der Waals surface area contributed by atoms with Gasteiger partial charge >= 0.3 is 5.97 Å². The van der Waals surface area contributed by atoms with Crippen molar-refractivity contribution in [1.82, 2.24) is 0 Å². The first-order chi connectivity index (χ1) is 8.16. The molecule has 1 aliphatic carbocycles. The summed E-state index contributed by atoms with van der Waals surface area (Å²) in [6.45, 7) is 1.77. The van der Waals surface area contributed by atoms with Crippen LogP contribution in [-0.2, 0) is 9.53 Å². The van der Waals surface area contributed by atoms with Gasteiger partial charge in [-0.2, -0.15) is 0 Å². The third kappa shape index (κ3) is 3.09. The zero-order chi connectivity index (χ0) is 12.3. The number of carbonyl (C=O) groups is 1. The van der Waals surface area contributed by atoms with Gasteiger partial charge in [-0.05, 0) is 44.7 Å². The van der Waals surface area contributed by atoms with Crippen LogP contribution in [0.25, 0.3) is 0 Å². The maximum absolute atomic E-state index is 11.7. The van der Waals surface area contributed by atoms with Gasteiger partial charge in [0.15, 0.2) is 0 Å². The van der Waals surface area contributed by atoms with Crippen molar-refractivity contribution < 1.29 is 19.1 Å². The summed E-state index contributed by atoms with van der Waals surface area (Å²) >= 11 is 0. The van der Waals surface area contributed by atoms with Gasteiger partial charge in [-0.3, -0.25) is 0 Å². The molecule has 0 amide bonds. The molecule has 2 rings (SSSR count). The zero-order valence-electron chi connectivity index (χ0n) is 10.0. The molecular weight excluding hydrogens is 220 g/mol. The molecule has 1 unspecified atom stereocenters. The van der Waals surface area contributed by atoms with Gasteiger partial charge in [0.05, 0.1) is 0 Å². The van der Waals surface area contributed by atoms with Crippen LogP contribution in [0.1, 0.15) is 49.7 Å². The van der Waals surface area contributed by atoms with E-state index in [-0.39, 0.29) is 11.9 Å². The van der Waals surface area contributed by atoms with E-state index in [1.165, 1.54) is 6.42 Å². The van der Waals surface area contributed by atoms with Gasteiger partial charge in [0.25, 0.3) is 0 Å². The van der Waals surface area contributed by atoms with E-state index >= 15 is 0 Å². The summed E-state index contributed by atoms with van der Waals surface area (Å²) in [5, 5.41) is 9.76. The van der Waals surface area contributed by atoms with Crippen molar-refractivity contribution in [3.63, 3.8) is 0 Å². The molecule has 1 aliphatic rings. The number of esters is 1. The van der Waals surface area contributed by atoms with Crippen molar-refractivity contribution in [3.8, 4) is 0 Å². The molecule has 0 aliphatic heterocycles. The Labute approximate surface area is 101 Å². The Morgan fingerprint density at radius 2 is 2.12 bits per heavy atom.